The SMILES string of the molecule is CNCCN(C(=O)CCl)C1CCN(c2cnc3c(Br)cnn3c2)CC1. The maximum Gasteiger partial charge on any atom is 0.237 e. The fraction of sp³-hybridized carbons (Fsp3) is 0.562. The van der Waals surface area contributed by atoms with E-state index in [0.717, 1.165) is 48.3 Å². The zero-order valence-corrected chi connectivity index (χ0v) is 16.5. The number of hydrogen-bond donors (Lipinski definition) is 1. The number of amides is 1. The first-order valence-electron chi connectivity index (χ1n) is 8.38. The van der Waals surface area contributed by atoms with Crippen LogP contribution < -0.4 is 10.2 Å². The number of nitrogens with zero attached hydrogens (tertiary/aromatic N) is 5. The van der Waals surface area contributed by atoms with E-state index >= 15 is 0 Å². The number of halogens is 2. The molecule has 9 heteroatoms. The summed E-state index contributed by atoms with van der Waals surface area (Å²) in [7, 11) is 1.89. The maximum absolute atomic E-state index is 12.1. The molecule has 7 nitrogen and oxygen atoms in total. The second kappa shape index (κ2) is 8.33. The lowest BCUT2D eigenvalue weighted by molar-refractivity contribution is -0.131. The van der Waals surface area contributed by atoms with Gasteiger partial charge in [-0.15, -0.1) is 11.6 Å². The first-order valence-corrected chi connectivity index (χ1v) is 9.70. The molecule has 0 aromatic carbocycles. The van der Waals surface area contributed by atoms with Gasteiger partial charge in [-0.25, -0.2) is 9.50 Å². The minimum Gasteiger partial charge on any atom is -0.369 e. The Bertz CT molecular complexity index is 730. The molecule has 2 aromatic heterocycles. The first kappa shape index (κ1) is 18.4. The van der Waals surface area contributed by atoms with E-state index in [-0.39, 0.29) is 17.8 Å². The molecule has 1 aliphatic rings. The van der Waals surface area contributed by atoms with Crippen molar-refractivity contribution >= 4 is 44.8 Å². The quantitative estimate of drug-likeness (QED) is 0.709. The molecular formula is C16H22BrClN6O. The van der Waals surface area contributed by atoms with Crippen LogP contribution in [0.1, 0.15) is 12.8 Å². The van der Waals surface area contributed by atoms with Gasteiger partial charge in [-0.05, 0) is 35.8 Å². The molecule has 136 valence electrons. The predicted molar refractivity (Wildman–Crippen MR) is 102 cm³/mol. The summed E-state index contributed by atoms with van der Waals surface area (Å²) in [6, 6.07) is 0.242. The third-order valence-electron chi connectivity index (χ3n) is 4.61. The summed E-state index contributed by atoms with van der Waals surface area (Å²) in [5.74, 6) is 0.0541. The van der Waals surface area contributed by atoms with E-state index in [0.29, 0.717) is 6.54 Å². The summed E-state index contributed by atoms with van der Waals surface area (Å²) >= 11 is 9.22. The van der Waals surface area contributed by atoms with Crippen LogP contribution in [0.15, 0.2) is 23.1 Å². The Morgan fingerprint density at radius 2 is 2.20 bits per heavy atom. The van der Waals surface area contributed by atoms with E-state index in [2.05, 4.69) is 36.2 Å². The Morgan fingerprint density at radius 1 is 1.44 bits per heavy atom. The van der Waals surface area contributed by atoms with Gasteiger partial charge in [-0.1, -0.05) is 0 Å². The van der Waals surface area contributed by atoms with Crippen molar-refractivity contribution in [3.05, 3.63) is 23.1 Å². The number of aromatic nitrogens is 3. The number of likely N-dealkylation sites (N-methyl/N-ethyl adjacent to an activating group) is 1. The molecule has 0 radical (unpaired) electrons. The van der Waals surface area contributed by atoms with Crippen LogP contribution >= 0.6 is 27.5 Å². The Hall–Kier alpha value is -1.38. The molecule has 0 aliphatic carbocycles. The van der Waals surface area contributed by atoms with Gasteiger partial charge in [0.25, 0.3) is 0 Å². The zero-order valence-electron chi connectivity index (χ0n) is 14.2. The standard InChI is InChI=1S/C16H22BrClN6O/c1-19-4-7-23(15(25)8-18)12-2-5-22(6-3-12)13-9-20-16-14(17)10-21-24(16)11-13/h9-12,19H,2-8H2,1H3. The van der Waals surface area contributed by atoms with Gasteiger partial charge in [0.05, 0.1) is 28.8 Å². The molecule has 0 unspecified atom stereocenters. The number of rotatable bonds is 6. The molecule has 3 rings (SSSR count). The van der Waals surface area contributed by atoms with Crippen molar-refractivity contribution in [1.82, 2.24) is 24.8 Å². The van der Waals surface area contributed by atoms with Gasteiger partial charge < -0.3 is 15.1 Å². The van der Waals surface area contributed by atoms with Crippen LogP contribution in [-0.2, 0) is 4.79 Å². The first-order chi connectivity index (χ1) is 12.1. The van der Waals surface area contributed by atoms with E-state index in [4.69, 9.17) is 11.6 Å². The molecule has 1 saturated heterocycles. The highest BCUT2D eigenvalue weighted by Gasteiger charge is 2.27. The average Bonchev–Trinajstić information content (AvgIpc) is 3.02. The number of nitrogens with one attached hydrogen (secondary N) is 1. The van der Waals surface area contributed by atoms with Gasteiger partial charge in [-0.3, -0.25) is 4.79 Å². The smallest absolute Gasteiger partial charge is 0.237 e. The van der Waals surface area contributed by atoms with E-state index in [9.17, 15) is 4.79 Å². The molecule has 0 bridgehead atoms. The lowest BCUT2D eigenvalue weighted by atomic mass is 10.0. The van der Waals surface area contributed by atoms with Crippen molar-refractivity contribution in [2.75, 3.05) is 44.0 Å². The summed E-state index contributed by atoms with van der Waals surface area (Å²) in [5, 5.41) is 7.39. The summed E-state index contributed by atoms with van der Waals surface area (Å²) in [6.07, 6.45) is 7.47. The summed E-state index contributed by atoms with van der Waals surface area (Å²) in [6.45, 7) is 3.23. The molecule has 0 saturated carbocycles. The van der Waals surface area contributed by atoms with Crippen LogP contribution in [-0.4, -0.2) is 70.6 Å². The number of hydrogen-bond acceptors (Lipinski definition) is 5. The molecule has 1 N–H and O–H groups in total. The molecule has 25 heavy (non-hydrogen) atoms. The molecule has 2 aromatic rings. The van der Waals surface area contributed by atoms with E-state index in [1.54, 1.807) is 10.7 Å². The predicted octanol–water partition coefficient (Wildman–Crippen LogP) is 1.75. The fourth-order valence-electron chi connectivity index (χ4n) is 3.25. The number of carbonyl (C=O) groups excluding carboxylic acids is 1. The van der Waals surface area contributed by atoms with Gasteiger partial charge >= 0.3 is 0 Å². The van der Waals surface area contributed by atoms with Crippen molar-refractivity contribution < 1.29 is 4.79 Å². The molecule has 1 fully saturated rings. The normalized spacial score (nSPS) is 15.7. The summed E-state index contributed by atoms with van der Waals surface area (Å²) in [5.41, 5.74) is 1.86. The van der Waals surface area contributed by atoms with E-state index in [1.165, 1.54) is 0 Å². The number of fused-ring (bicyclic) bond motifs is 1. The van der Waals surface area contributed by atoms with Gasteiger partial charge in [0, 0.05) is 32.2 Å². The van der Waals surface area contributed by atoms with Crippen molar-refractivity contribution in [3.8, 4) is 0 Å². The largest absolute Gasteiger partial charge is 0.369 e. The van der Waals surface area contributed by atoms with Crippen molar-refractivity contribution in [2.45, 2.75) is 18.9 Å². The third-order valence-corrected chi connectivity index (χ3v) is 5.40. The van der Waals surface area contributed by atoms with E-state index < -0.39 is 0 Å². The van der Waals surface area contributed by atoms with Crippen LogP contribution in [0.3, 0.4) is 0 Å². The molecule has 3 heterocycles. The maximum atomic E-state index is 12.1. The zero-order chi connectivity index (χ0) is 17.8. The van der Waals surface area contributed by atoms with Gasteiger partial charge in [0.15, 0.2) is 5.65 Å². The van der Waals surface area contributed by atoms with E-state index in [1.807, 2.05) is 24.3 Å². The lowest BCUT2D eigenvalue weighted by Gasteiger charge is -2.39. The van der Waals surface area contributed by atoms with Crippen LogP contribution in [0.5, 0.6) is 0 Å². The Kier molecular flexibility index (Phi) is 6.14. The van der Waals surface area contributed by atoms with Crippen LogP contribution in [0, 0.1) is 0 Å². The van der Waals surface area contributed by atoms with Gasteiger partial charge in [-0.2, -0.15) is 5.10 Å². The Balaban J connectivity index is 1.66. The third kappa shape index (κ3) is 4.07. The number of piperidine rings is 1. The Labute approximate surface area is 160 Å². The second-order valence-corrected chi connectivity index (χ2v) is 7.24. The van der Waals surface area contributed by atoms with Crippen molar-refractivity contribution in [3.63, 3.8) is 0 Å². The monoisotopic (exact) mass is 428 g/mol. The Morgan fingerprint density at radius 3 is 2.88 bits per heavy atom. The van der Waals surface area contributed by atoms with Crippen molar-refractivity contribution in [2.24, 2.45) is 0 Å². The second-order valence-electron chi connectivity index (χ2n) is 6.12. The highest BCUT2D eigenvalue weighted by atomic mass is 79.9. The molecular weight excluding hydrogens is 408 g/mol. The minimum absolute atomic E-state index is 0.0137. The lowest BCUT2D eigenvalue weighted by Crippen LogP contribution is -2.49. The van der Waals surface area contributed by atoms with Gasteiger partial charge in [0.2, 0.25) is 5.91 Å². The van der Waals surface area contributed by atoms with Crippen LogP contribution in [0.2, 0.25) is 0 Å². The number of anilines is 1. The van der Waals surface area contributed by atoms with Crippen LogP contribution in [0.4, 0.5) is 5.69 Å². The average molecular weight is 430 g/mol. The number of alkyl halides is 1. The van der Waals surface area contributed by atoms with Gasteiger partial charge in [0.1, 0.15) is 5.88 Å². The summed E-state index contributed by atoms with van der Waals surface area (Å²) < 4.78 is 2.67. The van der Waals surface area contributed by atoms with Crippen LogP contribution in [0.25, 0.3) is 5.65 Å². The molecule has 0 spiro atoms. The molecule has 1 aliphatic heterocycles. The fourth-order valence-corrected chi connectivity index (χ4v) is 3.78. The topological polar surface area (TPSA) is 65.8 Å². The summed E-state index contributed by atoms with van der Waals surface area (Å²) in [4.78, 5) is 20.8. The molecule has 1 amide bonds. The highest BCUT2D eigenvalue weighted by Crippen LogP contribution is 2.24. The number of carbonyl (C=O) groups is 1. The highest BCUT2D eigenvalue weighted by molar-refractivity contribution is 9.10. The minimum atomic E-state index is 0.0137. The van der Waals surface area contributed by atoms with Crippen molar-refractivity contribution in [1.29, 1.82) is 0 Å². The molecule has 0 atom stereocenters.